The van der Waals surface area contributed by atoms with Crippen LogP contribution in [0.1, 0.15) is 38.8 Å². The summed E-state index contributed by atoms with van der Waals surface area (Å²) in [6.45, 7) is 4.76. The van der Waals surface area contributed by atoms with Crippen molar-refractivity contribution in [2.75, 3.05) is 7.11 Å². The summed E-state index contributed by atoms with van der Waals surface area (Å²) in [6.07, 6.45) is 1.54. The molecule has 214 valence electrons. The van der Waals surface area contributed by atoms with E-state index in [0.29, 0.717) is 29.6 Å². The van der Waals surface area contributed by atoms with Gasteiger partial charge in [-0.05, 0) is 108 Å². The molecule has 2 heterocycles. The predicted molar refractivity (Wildman–Crippen MR) is 170 cm³/mol. The minimum atomic E-state index is -0.469. The van der Waals surface area contributed by atoms with Gasteiger partial charge in [0.2, 0.25) is 0 Å². The topological polar surface area (TPSA) is 87.2 Å². The molecule has 9 heteroatoms. The number of halogens is 1. The van der Waals surface area contributed by atoms with Crippen LogP contribution in [-0.2, 0) is 13.2 Å². The van der Waals surface area contributed by atoms with Crippen LogP contribution >= 0.6 is 22.6 Å². The van der Waals surface area contributed by atoms with Crippen LogP contribution in [0.4, 0.5) is 0 Å². The summed E-state index contributed by atoms with van der Waals surface area (Å²) in [4.78, 5) is 12.6. The van der Waals surface area contributed by atoms with Crippen molar-refractivity contribution in [1.82, 2.24) is 9.99 Å². The van der Waals surface area contributed by atoms with Crippen LogP contribution in [0.25, 0.3) is 5.69 Å². The smallest absolute Gasteiger partial charge is 0.307 e. The Morgan fingerprint density at radius 3 is 2.38 bits per heavy atom. The van der Waals surface area contributed by atoms with E-state index in [1.165, 1.54) is 17.6 Å². The largest absolute Gasteiger partial charge is 0.493 e. The molecule has 3 aromatic carbocycles. The lowest BCUT2D eigenvalue weighted by Crippen LogP contribution is -2.16. The van der Waals surface area contributed by atoms with Gasteiger partial charge in [-0.15, -0.1) is 0 Å². The number of amides is 1. The first-order valence-electron chi connectivity index (χ1n) is 13.3. The number of aromatic nitrogens is 1. The molecule has 1 amide bonds. The van der Waals surface area contributed by atoms with Gasteiger partial charge < -0.3 is 23.2 Å². The number of hydrogen-bond donors (Lipinski definition) is 1. The molecule has 0 aliphatic rings. The molecule has 5 rings (SSSR count). The Kier molecular flexibility index (Phi) is 9.28. The van der Waals surface area contributed by atoms with Crippen molar-refractivity contribution < 1.29 is 23.4 Å². The van der Waals surface area contributed by atoms with Crippen molar-refractivity contribution in [3.05, 3.63) is 129 Å². The minimum absolute atomic E-state index is 0.136. The zero-order chi connectivity index (χ0) is 29.5. The number of methoxy groups -OCH3 is 1. The summed E-state index contributed by atoms with van der Waals surface area (Å²) < 4.78 is 26.1. The van der Waals surface area contributed by atoms with E-state index in [9.17, 15) is 4.79 Å². The number of carbonyl (C=O) groups is 1. The monoisotopic (exact) mass is 675 g/mol. The molecule has 0 radical (unpaired) electrons. The number of nitrogens with one attached hydrogen (secondary N) is 1. The van der Waals surface area contributed by atoms with E-state index >= 15 is 0 Å². The minimum Gasteiger partial charge on any atom is -0.493 e. The van der Waals surface area contributed by atoms with E-state index < -0.39 is 5.91 Å². The number of aryl methyl sites for hydroxylation is 2. The lowest BCUT2D eigenvalue weighted by Gasteiger charge is -2.13. The van der Waals surface area contributed by atoms with Crippen molar-refractivity contribution in [3.63, 3.8) is 0 Å². The highest BCUT2D eigenvalue weighted by atomic mass is 127. The molecule has 1 N–H and O–H groups in total. The fraction of sp³-hybridized carbons (Fsp3) is 0.152. The van der Waals surface area contributed by atoms with Gasteiger partial charge in [0.15, 0.2) is 17.3 Å². The standard InChI is InChI=1S/C33H30IN3O5/c1-22-9-10-23(2)37(22)26-11-13-27(14-12-26)40-21-28-15-16-30(42-28)33(38)36-35-19-25-17-29(34)32(31(18-25)39-3)41-20-24-7-5-4-6-8-24/h4-19H,20-21H2,1-3H3,(H,36,38)/b35-19+. The van der Waals surface area contributed by atoms with Crippen LogP contribution < -0.4 is 19.6 Å². The molecule has 0 unspecified atom stereocenters. The number of ether oxygens (including phenoxy) is 3. The van der Waals surface area contributed by atoms with Crippen molar-refractivity contribution in [1.29, 1.82) is 0 Å². The summed E-state index contributed by atoms with van der Waals surface area (Å²) in [5.74, 6) is 2.12. The Bertz CT molecular complexity index is 1670. The molecular weight excluding hydrogens is 645 g/mol. The molecule has 0 aliphatic heterocycles. The first-order chi connectivity index (χ1) is 20.4. The molecular formula is C33H30IN3O5. The van der Waals surface area contributed by atoms with Crippen molar-refractivity contribution >= 4 is 34.7 Å². The quantitative estimate of drug-likeness (QED) is 0.0908. The molecule has 5 aromatic rings. The molecule has 0 fully saturated rings. The van der Waals surface area contributed by atoms with Crippen LogP contribution in [0.5, 0.6) is 17.2 Å². The predicted octanol–water partition coefficient (Wildman–Crippen LogP) is 7.22. The third kappa shape index (κ3) is 7.03. The van der Waals surface area contributed by atoms with Crippen LogP contribution in [-0.4, -0.2) is 23.8 Å². The Balaban J connectivity index is 1.14. The highest BCUT2D eigenvalue weighted by molar-refractivity contribution is 14.1. The SMILES string of the molecule is COc1cc(/C=N/NC(=O)c2ccc(COc3ccc(-n4c(C)ccc4C)cc3)o2)cc(I)c1OCc1ccccc1. The maximum Gasteiger partial charge on any atom is 0.307 e. The molecule has 42 heavy (non-hydrogen) atoms. The van der Waals surface area contributed by atoms with E-state index in [2.05, 4.69) is 63.7 Å². The van der Waals surface area contributed by atoms with E-state index in [1.807, 2.05) is 60.7 Å². The van der Waals surface area contributed by atoms with E-state index in [4.69, 9.17) is 18.6 Å². The number of nitrogens with zero attached hydrogens (tertiary/aromatic N) is 2. The second kappa shape index (κ2) is 13.4. The van der Waals surface area contributed by atoms with Gasteiger partial charge in [-0.2, -0.15) is 5.10 Å². The van der Waals surface area contributed by atoms with Crippen molar-refractivity contribution in [2.24, 2.45) is 5.10 Å². The first-order valence-corrected chi connectivity index (χ1v) is 14.3. The molecule has 8 nitrogen and oxygen atoms in total. The van der Waals surface area contributed by atoms with Gasteiger partial charge >= 0.3 is 5.91 Å². The summed E-state index contributed by atoms with van der Waals surface area (Å²) in [6, 6.07) is 28.9. The van der Waals surface area contributed by atoms with Crippen LogP contribution in [0.2, 0.25) is 0 Å². The lowest BCUT2D eigenvalue weighted by molar-refractivity contribution is 0.0923. The summed E-state index contributed by atoms with van der Waals surface area (Å²) in [7, 11) is 1.59. The molecule has 0 saturated carbocycles. The number of carbonyl (C=O) groups excluding carboxylic acids is 1. The zero-order valence-electron chi connectivity index (χ0n) is 23.5. The number of furan rings is 1. The molecule has 0 bridgehead atoms. The van der Waals surface area contributed by atoms with Crippen LogP contribution in [0, 0.1) is 17.4 Å². The second-order valence-electron chi connectivity index (χ2n) is 9.51. The maximum absolute atomic E-state index is 12.6. The molecule has 0 aliphatic carbocycles. The van der Waals surface area contributed by atoms with Gasteiger partial charge in [0.25, 0.3) is 0 Å². The average molecular weight is 676 g/mol. The van der Waals surface area contributed by atoms with Gasteiger partial charge in [-0.3, -0.25) is 4.79 Å². The number of hydrogen-bond acceptors (Lipinski definition) is 6. The normalized spacial score (nSPS) is 11.0. The average Bonchev–Trinajstić information content (AvgIpc) is 3.62. The Hall–Kier alpha value is -4.51. The summed E-state index contributed by atoms with van der Waals surface area (Å²) >= 11 is 2.19. The molecule has 2 aromatic heterocycles. The number of rotatable bonds is 11. The van der Waals surface area contributed by atoms with Gasteiger partial charge in [-0.25, -0.2) is 5.43 Å². The third-order valence-corrected chi connectivity index (χ3v) is 7.29. The summed E-state index contributed by atoms with van der Waals surface area (Å²) in [5, 5.41) is 4.08. The van der Waals surface area contributed by atoms with E-state index in [-0.39, 0.29) is 12.4 Å². The number of benzene rings is 3. The highest BCUT2D eigenvalue weighted by Crippen LogP contribution is 2.34. The van der Waals surface area contributed by atoms with Crippen molar-refractivity contribution in [2.45, 2.75) is 27.1 Å². The Labute approximate surface area is 258 Å². The fourth-order valence-corrected chi connectivity index (χ4v) is 5.18. The van der Waals surface area contributed by atoms with E-state index in [1.54, 1.807) is 25.3 Å². The first kappa shape index (κ1) is 29.0. The van der Waals surface area contributed by atoms with Gasteiger partial charge in [-0.1, -0.05) is 30.3 Å². The molecule has 0 spiro atoms. The molecule has 0 saturated heterocycles. The second-order valence-corrected chi connectivity index (χ2v) is 10.7. The van der Waals surface area contributed by atoms with Crippen LogP contribution in [0.3, 0.4) is 0 Å². The Morgan fingerprint density at radius 1 is 0.929 bits per heavy atom. The maximum atomic E-state index is 12.6. The molecule has 0 atom stereocenters. The lowest BCUT2D eigenvalue weighted by atomic mass is 10.2. The van der Waals surface area contributed by atoms with Crippen LogP contribution in [0.15, 0.2) is 101 Å². The van der Waals surface area contributed by atoms with Gasteiger partial charge in [0, 0.05) is 17.1 Å². The number of hydrazone groups is 1. The third-order valence-electron chi connectivity index (χ3n) is 6.49. The fourth-order valence-electron chi connectivity index (χ4n) is 4.40. The van der Waals surface area contributed by atoms with E-state index in [0.717, 1.165) is 20.4 Å². The highest BCUT2D eigenvalue weighted by Gasteiger charge is 2.13. The zero-order valence-corrected chi connectivity index (χ0v) is 25.6. The van der Waals surface area contributed by atoms with Gasteiger partial charge in [0.05, 0.1) is 16.9 Å². The van der Waals surface area contributed by atoms with Gasteiger partial charge in [0.1, 0.15) is 24.7 Å². The summed E-state index contributed by atoms with van der Waals surface area (Å²) in [5.41, 5.74) is 7.71. The Morgan fingerprint density at radius 2 is 1.67 bits per heavy atom. The van der Waals surface area contributed by atoms with Crippen molar-refractivity contribution in [3.8, 4) is 22.9 Å².